The summed E-state index contributed by atoms with van der Waals surface area (Å²) in [6.45, 7) is 9.87. The minimum atomic E-state index is -4.90. The maximum absolute atomic E-state index is 17.8. The number of halogens is 5. The van der Waals surface area contributed by atoms with E-state index in [0.29, 0.717) is 44.5 Å². The molecule has 0 amide bonds. The fourth-order valence-corrected chi connectivity index (χ4v) is 15.8. The summed E-state index contributed by atoms with van der Waals surface area (Å²) in [5.41, 5.74) is -2.76. The number of likely N-dealkylation sites (N-methyl/N-ethyl adjacent to an activating group) is 1. The van der Waals surface area contributed by atoms with E-state index < -0.39 is 61.1 Å². The van der Waals surface area contributed by atoms with Crippen molar-refractivity contribution in [3.63, 3.8) is 0 Å². The van der Waals surface area contributed by atoms with Crippen LogP contribution >= 0.6 is 0 Å². The molecule has 0 N–H and O–H groups in total. The zero-order valence-corrected chi connectivity index (χ0v) is 39.5. The number of rotatable bonds is 11. The van der Waals surface area contributed by atoms with E-state index in [4.69, 9.17) is 23.6 Å². The van der Waals surface area contributed by atoms with Gasteiger partial charge in [-0.2, -0.15) is 28.2 Å². The van der Waals surface area contributed by atoms with Gasteiger partial charge in [-0.25, -0.2) is 18.4 Å². The van der Waals surface area contributed by atoms with Crippen molar-refractivity contribution in [2.75, 3.05) is 51.5 Å². The molecule has 1 unspecified atom stereocenters. The molecule has 11 nitrogen and oxygen atoms in total. The number of hydrogen-bond acceptors (Lipinski definition) is 10. The van der Waals surface area contributed by atoms with Crippen LogP contribution in [0.25, 0.3) is 33.1 Å². The van der Waals surface area contributed by atoms with E-state index >= 15 is 17.6 Å². The van der Waals surface area contributed by atoms with Crippen molar-refractivity contribution in [2.24, 2.45) is 0 Å². The van der Waals surface area contributed by atoms with Crippen LogP contribution in [0, 0.1) is 12.7 Å². The number of pyridine rings is 1. The lowest BCUT2D eigenvalue weighted by molar-refractivity contribution is -0.137. The molecule has 3 saturated heterocycles. The molecule has 67 heavy (non-hydrogen) atoms. The molecule has 4 atom stereocenters. The highest BCUT2D eigenvalue weighted by atomic mass is 28.4. The number of aromatic nitrogens is 5. The SMILES string of the molecule is Cc1cc2c(cnn2C2CCCCO2)c(-c2nc3c4c(nc(OC[C@@]56CCCN5C[C@H](F)C6)nc4c2F)N(C)[C@@H](CCO[Si](c2ccccc2)(c2ccccc2)C(C)(C)C)CO3)c1C(F)(F)F. The number of hydrogen-bond donors (Lipinski definition) is 0. The third-order valence-electron chi connectivity index (χ3n) is 14.5. The molecule has 3 fully saturated rings. The topological polar surface area (TPSA) is 99.9 Å². The minimum Gasteiger partial charge on any atom is -0.475 e. The van der Waals surface area contributed by atoms with Crippen molar-refractivity contribution < 1.29 is 40.6 Å². The quantitative estimate of drug-likeness (QED) is 0.0924. The zero-order chi connectivity index (χ0) is 46.9. The first kappa shape index (κ1) is 45.5. The molecule has 3 aromatic carbocycles. The summed E-state index contributed by atoms with van der Waals surface area (Å²) in [7, 11) is -1.13. The summed E-state index contributed by atoms with van der Waals surface area (Å²) in [6.07, 6.45) is -0.443. The summed E-state index contributed by atoms with van der Waals surface area (Å²) < 4.78 is 107. The number of fused-ring (bicyclic) bond motifs is 2. The number of ether oxygens (including phenoxy) is 3. The third kappa shape index (κ3) is 7.92. The third-order valence-corrected chi connectivity index (χ3v) is 19.5. The van der Waals surface area contributed by atoms with Gasteiger partial charge in [0, 0.05) is 44.2 Å². The number of benzene rings is 3. The first-order valence-corrected chi connectivity index (χ1v) is 25.2. The summed E-state index contributed by atoms with van der Waals surface area (Å²) in [5.74, 6) is -0.969. The Morgan fingerprint density at radius 3 is 2.36 bits per heavy atom. The van der Waals surface area contributed by atoms with Crippen LogP contribution < -0.4 is 24.7 Å². The van der Waals surface area contributed by atoms with Crippen LogP contribution in [0.2, 0.25) is 5.04 Å². The smallest absolute Gasteiger partial charge is 0.417 e. The molecular weight excluding hydrogens is 886 g/mol. The molecule has 10 rings (SSSR count). The second kappa shape index (κ2) is 17.4. The van der Waals surface area contributed by atoms with Crippen LogP contribution in [-0.4, -0.2) is 102 Å². The molecular formula is C50H56F5N7O4Si. The van der Waals surface area contributed by atoms with Gasteiger partial charge in [0.25, 0.3) is 8.32 Å². The van der Waals surface area contributed by atoms with E-state index in [-0.39, 0.29) is 64.2 Å². The molecule has 4 aliphatic heterocycles. The fourth-order valence-electron chi connectivity index (χ4n) is 11.3. The van der Waals surface area contributed by atoms with Crippen molar-refractivity contribution in [1.29, 1.82) is 0 Å². The predicted octanol–water partition coefficient (Wildman–Crippen LogP) is 9.33. The molecule has 0 saturated carbocycles. The first-order valence-electron chi connectivity index (χ1n) is 23.3. The number of anilines is 1. The van der Waals surface area contributed by atoms with Crippen LogP contribution in [0.5, 0.6) is 11.9 Å². The number of alkyl halides is 4. The van der Waals surface area contributed by atoms with E-state index in [1.165, 1.54) is 19.2 Å². The van der Waals surface area contributed by atoms with Gasteiger partial charge >= 0.3 is 12.2 Å². The monoisotopic (exact) mass is 941 g/mol. The van der Waals surface area contributed by atoms with Crippen LogP contribution in [0.4, 0.5) is 27.8 Å². The Hall–Kier alpha value is -5.23. The molecule has 6 aromatic rings. The average molecular weight is 942 g/mol. The van der Waals surface area contributed by atoms with Crippen LogP contribution in [0.1, 0.15) is 83.1 Å². The normalized spacial score (nSPS) is 22.6. The Labute approximate surface area is 387 Å². The van der Waals surface area contributed by atoms with Gasteiger partial charge < -0.3 is 23.5 Å². The maximum Gasteiger partial charge on any atom is 0.417 e. The zero-order valence-electron chi connectivity index (χ0n) is 38.5. The highest BCUT2D eigenvalue weighted by Gasteiger charge is 2.51. The van der Waals surface area contributed by atoms with E-state index in [0.717, 1.165) is 36.2 Å². The second-order valence-electron chi connectivity index (χ2n) is 19.7. The van der Waals surface area contributed by atoms with Gasteiger partial charge in [0.15, 0.2) is 12.0 Å². The molecule has 0 spiro atoms. The molecule has 17 heteroatoms. The number of nitrogens with zero attached hydrogens (tertiary/aromatic N) is 7. The summed E-state index contributed by atoms with van der Waals surface area (Å²) in [5, 5.41) is 6.64. The van der Waals surface area contributed by atoms with Crippen molar-refractivity contribution in [3.8, 4) is 23.1 Å². The van der Waals surface area contributed by atoms with Crippen molar-refractivity contribution in [3.05, 3.63) is 89.9 Å². The second-order valence-corrected chi connectivity index (χ2v) is 24.0. The van der Waals surface area contributed by atoms with Gasteiger partial charge in [-0.1, -0.05) is 81.4 Å². The lowest BCUT2D eigenvalue weighted by atomic mass is 9.94. The number of aryl methyl sites for hydroxylation is 1. The Kier molecular flexibility index (Phi) is 11.8. The van der Waals surface area contributed by atoms with Crippen LogP contribution in [-0.2, 0) is 15.3 Å². The molecule has 7 heterocycles. The Morgan fingerprint density at radius 2 is 1.69 bits per heavy atom. The van der Waals surface area contributed by atoms with Crippen LogP contribution in [0.3, 0.4) is 0 Å². The van der Waals surface area contributed by atoms with Gasteiger partial charge in [0.1, 0.15) is 41.8 Å². The Morgan fingerprint density at radius 1 is 0.955 bits per heavy atom. The lowest BCUT2D eigenvalue weighted by Crippen LogP contribution is -2.66. The predicted molar refractivity (Wildman–Crippen MR) is 249 cm³/mol. The summed E-state index contributed by atoms with van der Waals surface area (Å²) in [4.78, 5) is 18.1. The van der Waals surface area contributed by atoms with Crippen molar-refractivity contribution in [1.82, 2.24) is 29.6 Å². The highest BCUT2D eigenvalue weighted by Crippen LogP contribution is 2.48. The Balaban J connectivity index is 1.08. The van der Waals surface area contributed by atoms with Gasteiger partial charge in [-0.15, -0.1) is 0 Å². The van der Waals surface area contributed by atoms with Gasteiger partial charge in [0.05, 0.1) is 28.9 Å². The van der Waals surface area contributed by atoms with Crippen molar-refractivity contribution >= 4 is 46.3 Å². The lowest BCUT2D eigenvalue weighted by Gasteiger charge is -2.43. The van der Waals surface area contributed by atoms with Gasteiger partial charge in [0.2, 0.25) is 5.88 Å². The Bertz CT molecular complexity index is 2750. The van der Waals surface area contributed by atoms with E-state index in [1.54, 1.807) is 4.68 Å². The summed E-state index contributed by atoms with van der Waals surface area (Å²) >= 11 is 0. The van der Waals surface area contributed by atoms with E-state index in [1.807, 2.05) is 48.3 Å². The van der Waals surface area contributed by atoms with Gasteiger partial charge in [-0.05, 0) is 79.0 Å². The fraction of sp³-hybridized carbons (Fsp3) is 0.480. The average Bonchev–Trinajstić information content (AvgIpc) is 3.97. The van der Waals surface area contributed by atoms with Crippen molar-refractivity contribution in [2.45, 2.75) is 108 Å². The van der Waals surface area contributed by atoms with E-state index in [9.17, 15) is 4.39 Å². The van der Waals surface area contributed by atoms with Crippen LogP contribution in [0.15, 0.2) is 72.9 Å². The molecule has 3 aromatic heterocycles. The van der Waals surface area contributed by atoms with E-state index in [2.05, 4.69) is 65.0 Å². The highest BCUT2D eigenvalue weighted by molar-refractivity contribution is 6.99. The molecule has 0 bridgehead atoms. The molecule has 0 aliphatic carbocycles. The molecule has 0 radical (unpaired) electrons. The maximum atomic E-state index is 17.8. The molecule has 354 valence electrons. The van der Waals surface area contributed by atoms with Gasteiger partial charge in [-0.3, -0.25) is 4.90 Å². The standard InChI is InChI=1S/C50H56F5N7O4Si/c1-31-25-37-36(27-56-62(37)38-19-12-13-23-63-38)39(41(31)50(53,54)55)43-42(52)44-40-45(59-47(58-44)65-30-49-21-14-22-61(49)28-32(51)26-49)60(5)33(29-64-46(40)57-43)20-24-66-67(48(2,3)4,34-15-8-6-9-16-34)35-17-10-7-11-18-35/h6-11,15-18,25,27,32-33,38H,12-14,19-24,26,28-30H2,1-5H3/t32-,33+,38?,49+/m1/s1. The largest absolute Gasteiger partial charge is 0.475 e. The molecule has 4 aliphatic rings. The first-order chi connectivity index (χ1) is 32.1. The minimum absolute atomic E-state index is 0.0165. The summed E-state index contributed by atoms with van der Waals surface area (Å²) in [6, 6.07) is 21.4.